The van der Waals surface area contributed by atoms with Crippen molar-refractivity contribution in [2.75, 3.05) is 32.1 Å². The first kappa shape index (κ1) is 17.1. The standard InChI is InChI=1S/C18H23N5O2/c1-13-19-16-12-23(11-15(16)17(20-13)22-7-5-8-22)18(25)14(6-4-9-24)10-21(2)3/h4,6,9-10H,5,7-8,11-12H2,1-3H3/b6-4-,14-10+. The molecule has 0 unspecified atom stereocenters. The molecule has 2 aliphatic rings. The Morgan fingerprint density at radius 3 is 2.56 bits per heavy atom. The van der Waals surface area contributed by atoms with Crippen molar-refractivity contribution in [1.29, 1.82) is 0 Å². The molecule has 1 amide bonds. The summed E-state index contributed by atoms with van der Waals surface area (Å²) in [4.78, 5) is 38.5. The van der Waals surface area contributed by atoms with Crippen molar-refractivity contribution in [1.82, 2.24) is 19.8 Å². The lowest BCUT2D eigenvalue weighted by molar-refractivity contribution is -0.127. The van der Waals surface area contributed by atoms with Crippen LogP contribution in [-0.4, -0.2) is 59.1 Å². The number of carbonyl (C=O) groups excluding carboxylic acids is 2. The van der Waals surface area contributed by atoms with Gasteiger partial charge in [0, 0.05) is 38.9 Å². The number of rotatable bonds is 5. The minimum atomic E-state index is -0.114. The minimum Gasteiger partial charge on any atom is -0.383 e. The van der Waals surface area contributed by atoms with Gasteiger partial charge in [0.2, 0.25) is 0 Å². The van der Waals surface area contributed by atoms with Crippen molar-refractivity contribution in [2.45, 2.75) is 26.4 Å². The van der Waals surface area contributed by atoms with Crippen LogP contribution in [0.4, 0.5) is 5.82 Å². The van der Waals surface area contributed by atoms with Crippen LogP contribution in [0.5, 0.6) is 0 Å². The SMILES string of the molecule is Cc1nc2c(c(N3CCC3)n1)CN(C(=O)C(/C=C\C=O)=C/N(C)C)C2. The molecule has 7 heteroatoms. The molecular weight excluding hydrogens is 318 g/mol. The molecule has 1 fully saturated rings. The highest BCUT2D eigenvalue weighted by atomic mass is 16.2. The number of hydrogen-bond donors (Lipinski definition) is 0. The van der Waals surface area contributed by atoms with E-state index in [0.717, 1.165) is 36.0 Å². The molecule has 0 aromatic carbocycles. The minimum absolute atomic E-state index is 0.114. The number of nitrogens with zero attached hydrogens (tertiary/aromatic N) is 5. The van der Waals surface area contributed by atoms with Gasteiger partial charge in [-0.15, -0.1) is 0 Å². The molecule has 1 aromatic rings. The number of amides is 1. The van der Waals surface area contributed by atoms with Crippen molar-refractivity contribution in [2.24, 2.45) is 0 Å². The summed E-state index contributed by atoms with van der Waals surface area (Å²) in [5, 5.41) is 0. The van der Waals surface area contributed by atoms with Gasteiger partial charge in [0.25, 0.3) is 5.91 Å². The third-order valence-corrected chi connectivity index (χ3v) is 4.31. The van der Waals surface area contributed by atoms with E-state index in [2.05, 4.69) is 14.9 Å². The molecule has 25 heavy (non-hydrogen) atoms. The third-order valence-electron chi connectivity index (χ3n) is 4.31. The maximum absolute atomic E-state index is 12.9. The van der Waals surface area contributed by atoms with Gasteiger partial charge in [-0.25, -0.2) is 9.97 Å². The van der Waals surface area contributed by atoms with Crippen LogP contribution in [0, 0.1) is 6.92 Å². The second-order valence-electron chi connectivity index (χ2n) is 6.56. The van der Waals surface area contributed by atoms with E-state index in [1.54, 1.807) is 22.1 Å². The molecule has 132 valence electrons. The zero-order chi connectivity index (χ0) is 18.0. The second kappa shape index (κ2) is 7.04. The molecular formula is C18H23N5O2. The fraction of sp³-hybridized carbons (Fsp3) is 0.444. The Kier molecular flexibility index (Phi) is 4.83. The van der Waals surface area contributed by atoms with E-state index in [-0.39, 0.29) is 5.91 Å². The van der Waals surface area contributed by atoms with Crippen LogP contribution in [0.2, 0.25) is 0 Å². The van der Waals surface area contributed by atoms with Crippen molar-refractivity contribution in [3.8, 4) is 0 Å². The number of aldehydes is 1. The number of allylic oxidation sites excluding steroid dienone is 1. The number of anilines is 1. The van der Waals surface area contributed by atoms with Crippen molar-refractivity contribution < 1.29 is 9.59 Å². The summed E-state index contributed by atoms with van der Waals surface area (Å²) in [5.74, 6) is 1.59. The first-order chi connectivity index (χ1) is 12.0. The first-order valence-corrected chi connectivity index (χ1v) is 8.40. The summed E-state index contributed by atoms with van der Waals surface area (Å²) >= 11 is 0. The molecule has 1 aromatic heterocycles. The van der Waals surface area contributed by atoms with E-state index in [1.807, 2.05) is 21.0 Å². The average Bonchev–Trinajstić information content (AvgIpc) is 2.92. The van der Waals surface area contributed by atoms with E-state index < -0.39 is 0 Å². The van der Waals surface area contributed by atoms with Crippen LogP contribution in [0.3, 0.4) is 0 Å². The molecule has 0 aliphatic carbocycles. The summed E-state index contributed by atoms with van der Waals surface area (Å²) in [6.45, 7) is 4.87. The topological polar surface area (TPSA) is 69.6 Å². The van der Waals surface area contributed by atoms with Gasteiger partial charge < -0.3 is 14.7 Å². The number of carbonyl (C=O) groups is 2. The van der Waals surface area contributed by atoms with Gasteiger partial charge >= 0.3 is 0 Å². The van der Waals surface area contributed by atoms with E-state index in [4.69, 9.17) is 0 Å². The van der Waals surface area contributed by atoms with Gasteiger partial charge in [0.05, 0.1) is 24.4 Å². The smallest absolute Gasteiger partial charge is 0.255 e. The molecule has 0 bridgehead atoms. The van der Waals surface area contributed by atoms with E-state index >= 15 is 0 Å². The van der Waals surface area contributed by atoms with Crippen LogP contribution >= 0.6 is 0 Å². The Bertz CT molecular complexity index is 750. The zero-order valence-corrected chi connectivity index (χ0v) is 14.9. The zero-order valence-electron chi connectivity index (χ0n) is 14.9. The van der Waals surface area contributed by atoms with Crippen molar-refractivity contribution in [3.63, 3.8) is 0 Å². The summed E-state index contributed by atoms with van der Waals surface area (Å²) < 4.78 is 0. The molecule has 2 aliphatic heterocycles. The molecule has 0 N–H and O–H groups in total. The molecule has 0 saturated carbocycles. The predicted molar refractivity (Wildman–Crippen MR) is 94.8 cm³/mol. The molecule has 0 radical (unpaired) electrons. The van der Waals surface area contributed by atoms with Gasteiger partial charge in [-0.3, -0.25) is 9.59 Å². The fourth-order valence-corrected chi connectivity index (χ4v) is 3.06. The molecule has 0 spiro atoms. The molecule has 3 rings (SSSR count). The van der Waals surface area contributed by atoms with Crippen LogP contribution in [-0.2, 0) is 22.7 Å². The Hall–Kier alpha value is -2.70. The summed E-state index contributed by atoms with van der Waals surface area (Å²) in [7, 11) is 3.69. The Morgan fingerprint density at radius 2 is 1.96 bits per heavy atom. The highest BCUT2D eigenvalue weighted by molar-refractivity contribution is 5.97. The molecule has 7 nitrogen and oxygen atoms in total. The lowest BCUT2D eigenvalue weighted by atomic mass is 10.1. The number of hydrogen-bond acceptors (Lipinski definition) is 6. The molecule has 1 saturated heterocycles. The van der Waals surface area contributed by atoms with Crippen molar-refractivity contribution in [3.05, 3.63) is 41.0 Å². The van der Waals surface area contributed by atoms with Gasteiger partial charge in [0.1, 0.15) is 17.9 Å². The summed E-state index contributed by atoms with van der Waals surface area (Å²) in [6.07, 6.45) is 6.45. The normalized spacial score (nSPS) is 16.8. The van der Waals surface area contributed by atoms with Gasteiger partial charge in [0.15, 0.2) is 0 Å². The molecule has 3 heterocycles. The first-order valence-electron chi connectivity index (χ1n) is 8.40. The monoisotopic (exact) mass is 341 g/mol. The Labute approximate surface area is 147 Å². The van der Waals surface area contributed by atoms with Crippen LogP contribution in [0.25, 0.3) is 0 Å². The van der Waals surface area contributed by atoms with Crippen LogP contribution < -0.4 is 4.90 Å². The number of aromatic nitrogens is 2. The van der Waals surface area contributed by atoms with Crippen molar-refractivity contribution >= 4 is 18.0 Å². The third kappa shape index (κ3) is 3.55. The van der Waals surface area contributed by atoms with Gasteiger partial charge in [-0.05, 0) is 25.5 Å². The summed E-state index contributed by atoms with van der Waals surface area (Å²) in [5.41, 5.74) is 2.44. The lowest BCUT2D eigenvalue weighted by Gasteiger charge is -2.33. The van der Waals surface area contributed by atoms with E-state index in [9.17, 15) is 9.59 Å². The summed E-state index contributed by atoms with van der Waals surface area (Å²) in [6, 6.07) is 0. The van der Waals surface area contributed by atoms with Crippen LogP contribution in [0.15, 0.2) is 23.9 Å². The van der Waals surface area contributed by atoms with Gasteiger partial charge in [-0.1, -0.05) is 0 Å². The quantitative estimate of drug-likeness (QED) is 0.453. The fourth-order valence-electron chi connectivity index (χ4n) is 3.06. The van der Waals surface area contributed by atoms with E-state index in [0.29, 0.717) is 24.9 Å². The molecule has 0 atom stereocenters. The lowest BCUT2D eigenvalue weighted by Crippen LogP contribution is -2.38. The maximum Gasteiger partial charge on any atom is 0.255 e. The van der Waals surface area contributed by atoms with E-state index in [1.165, 1.54) is 12.5 Å². The average molecular weight is 341 g/mol. The highest BCUT2D eigenvalue weighted by Gasteiger charge is 2.31. The Morgan fingerprint density at radius 1 is 1.20 bits per heavy atom. The number of fused-ring (bicyclic) bond motifs is 1. The van der Waals surface area contributed by atoms with Gasteiger partial charge in [-0.2, -0.15) is 0 Å². The predicted octanol–water partition coefficient (Wildman–Crippen LogP) is 1.04. The second-order valence-corrected chi connectivity index (χ2v) is 6.56. The maximum atomic E-state index is 12.9. The Balaban J connectivity index is 1.86. The number of aryl methyl sites for hydroxylation is 1. The largest absolute Gasteiger partial charge is 0.383 e. The van der Waals surface area contributed by atoms with Crippen LogP contribution in [0.1, 0.15) is 23.5 Å². The highest BCUT2D eigenvalue weighted by Crippen LogP contribution is 2.32.